The number of amides is 1. The van der Waals surface area contributed by atoms with Gasteiger partial charge in [-0.25, -0.2) is 13.1 Å². The molecule has 1 aromatic heterocycles. The van der Waals surface area contributed by atoms with Gasteiger partial charge in [0.25, 0.3) is 5.91 Å². The molecule has 164 valence electrons. The van der Waals surface area contributed by atoms with Crippen molar-refractivity contribution in [3.05, 3.63) is 59.2 Å². The molecule has 0 fully saturated rings. The maximum absolute atomic E-state index is 12.5. The van der Waals surface area contributed by atoms with Gasteiger partial charge in [0, 0.05) is 47.5 Å². The van der Waals surface area contributed by atoms with Crippen LogP contribution in [0.4, 0.5) is 5.69 Å². The van der Waals surface area contributed by atoms with Crippen molar-refractivity contribution >= 4 is 44.1 Å². The van der Waals surface area contributed by atoms with Crippen LogP contribution < -0.4 is 20.1 Å². The van der Waals surface area contributed by atoms with Crippen LogP contribution in [0.2, 0.25) is 5.02 Å². The minimum atomic E-state index is -3.78. The smallest absolute Gasteiger partial charge is 0.251 e. The van der Waals surface area contributed by atoms with E-state index in [4.69, 9.17) is 16.3 Å². The largest absolute Gasteiger partial charge is 0.495 e. The number of halogens is 1. The van der Waals surface area contributed by atoms with Gasteiger partial charge in [-0.15, -0.1) is 0 Å². The first-order valence-corrected chi connectivity index (χ1v) is 11.5. The molecule has 0 unspecified atom stereocenters. The molecule has 0 saturated heterocycles. The number of benzene rings is 2. The van der Waals surface area contributed by atoms with Gasteiger partial charge in [-0.3, -0.25) is 9.78 Å². The summed E-state index contributed by atoms with van der Waals surface area (Å²) in [5.41, 5.74) is 1.87. The second-order valence-electron chi connectivity index (χ2n) is 6.57. The number of hydrogen-bond acceptors (Lipinski definition) is 6. The fourth-order valence-corrected chi connectivity index (χ4v) is 4.45. The number of nitrogens with one attached hydrogen (secondary N) is 3. The summed E-state index contributed by atoms with van der Waals surface area (Å²) in [7, 11) is -2.40. The summed E-state index contributed by atoms with van der Waals surface area (Å²) in [6, 6.07) is 11.6. The fraction of sp³-hybridized carbons (Fsp3) is 0.238. The summed E-state index contributed by atoms with van der Waals surface area (Å²) in [5.74, 6) is -0.215. The summed E-state index contributed by atoms with van der Waals surface area (Å²) in [4.78, 5) is 16.7. The van der Waals surface area contributed by atoms with Gasteiger partial charge in [0.2, 0.25) is 10.0 Å². The highest BCUT2D eigenvalue weighted by atomic mass is 35.5. The van der Waals surface area contributed by atoms with Crippen LogP contribution in [0.25, 0.3) is 10.9 Å². The number of pyridine rings is 1. The number of hydrogen-bond donors (Lipinski definition) is 3. The monoisotopic (exact) mass is 462 g/mol. The summed E-state index contributed by atoms with van der Waals surface area (Å²) >= 11 is 6.01. The van der Waals surface area contributed by atoms with Crippen LogP contribution in [0.15, 0.2) is 53.6 Å². The van der Waals surface area contributed by atoms with Gasteiger partial charge < -0.3 is 15.4 Å². The quantitative estimate of drug-likeness (QED) is 0.422. The maximum atomic E-state index is 12.5. The van der Waals surface area contributed by atoms with Crippen molar-refractivity contribution in [2.45, 2.75) is 11.8 Å². The van der Waals surface area contributed by atoms with Crippen molar-refractivity contribution in [3.63, 3.8) is 0 Å². The Morgan fingerprint density at radius 2 is 1.94 bits per heavy atom. The SMILES string of the molecule is CCNS(=O)(=O)c1cc(C(=O)NCCNc2ccnc3cc(Cl)ccc23)ccc1OC. The van der Waals surface area contributed by atoms with E-state index in [-0.39, 0.29) is 28.7 Å². The standard InChI is InChI=1S/C21H23ClN4O4S/c1-3-26-31(28,29)20-12-14(4-7-19(20)30-2)21(27)25-11-10-24-17-8-9-23-18-13-15(22)5-6-16(17)18/h4-9,12-13,26H,3,10-11H2,1-2H3,(H,23,24)(H,25,27). The Morgan fingerprint density at radius 3 is 2.68 bits per heavy atom. The summed E-state index contributed by atoms with van der Waals surface area (Å²) in [6.45, 7) is 2.70. The normalized spacial score (nSPS) is 11.3. The van der Waals surface area contributed by atoms with E-state index < -0.39 is 10.0 Å². The Labute approximate surface area is 186 Å². The number of anilines is 1. The Kier molecular flexibility index (Phi) is 7.32. The van der Waals surface area contributed by atoms with Gasteiger partial charge >= 0.3 is 0 Å². The number of aromatic nitrogens is 1. The number of carbonyl (C=O) groups excluding carboxylic acids is 1. The third-order valence-corrected chi connectivity index (χ3v) is 6.28. The number of ether oxygens (including phenoxy) is 1. The van der Waals surface area contributed by atoms with E-state index in [1.165, 1.54) is 25.3 Å². The van der Waals surface area contributed by atoms with Gasteiger partial charge in [-0.05, 0) is 42.5 Å². The molecule has 3 N–H and O–H groups in total. The Balaban J connectivity index is 1.65. The van der Waals surface area contributed by atoms with Gasteiger partial charge in [-0.2, -0.15) is 0 Å². The Bertz CT molecular complexity index is 1200. The number of nitrogens with zero attached hydrogens (tertiary/aromatic N) is 1. The molecule has 0 radical (unpaired) electrons. The minimum absolute atomic E-state index is 0.0791. The highest BCUT2D eigenvalue weighted by Crippen LogP contribution is 2.25. The molecule has 1 heterocycles. The van der Waals surface area contributed by atoms with E-state index >= 15 is 0 Å². The molecular formula is C21H23ClN4O4S. The molecule has 10 heteroatoms. The first kappa shape index (κ1) is 22.8. The Hall–Kier alpha value is -2.88. The number of carbonyl (C=O) groups is 1. The average Bonchev–Trinajstić information content (AvgIpc) is 2.75. The molecular weight excluding hydrogens is 440 g/mol. The lowest BCUT2D eigenvalue weighted by Gasteiger charge is -2.13. The molecule has 0 aliphatic rings. The predicted octanol–water partition coefficient (Wildman–Crippen LogP) is 3.04. The van der Waals surface area contributed by atoms with Crippen LogP contribution in [-0.2, 0) is 10.0 Å². The van der Waals surface area contributed by atoms with E-state index in [1.807, 2.05) is 12.1 Å². The average molecular weight is 463 g/mol. The van der Waals surface area contributed by atoms with Crippen LogP contribution >= 0.6 is 11.6 Å². The lowest BCUT2D eigenvalue weighted by Crippen LogP contribution is -2.29. The van der Waals surface area contributed by atoms with Crippen molar-refractivity contribution < 1.29 is 17.9 Å². The highest BCUT2D eigenvalue weighted by molar-refractivity contribution is 7.89. The third kappa shape index (κ3) is 5.43. The maximum Gasteiger partial charge on any atom is 0.251 e. The molecule has 0 atom stereocenters. The second kappa shape index (κ2) is 9.95. The first-order valence-electron chi connectivity index (χ1n) is 9.59. The molecule has 3 rings (SSSR count). The number of fused-ring (bicyclic) bond motifs is 1. The van der Waals surface area contributed by atoms with Crippen molar-refractivity contribution in [3.8, 4) is 5.75 Å². The molecule has 0 aliphatic carbocycles. The molecule has 2 aromatic carbocycles. The van der Waals surface area contributed by atoms with E-state index in [2.05, 4.69) is 20.3 Å². The van der Waals surface area contributed by atoms with Crippen LogP contribution in [0.5, 0.6) is 5.75 Å². The van der Waals surface area contributed by atoms with Gasteiger partial charge in [0.1, 0.15) is 10.6 Å². The lowest BCUT2D eigenvalue weighted by atomic mass is 10.2. The zero-order chi connectivity index (χ0) is 22.4. The van der Waals surface area contributed by atoms with Crippen molar-refractivity contribution in [1.82, 2.24) is 15.0 Å². The molecule has 31 heavy (non-hydrogen) atoms. The molecule has 0 aliphatic heterocycles. The topological polar surface area (TPSA) is 109 Å². The number of sulfonamides is 1. The summed E-state index contributed by atoms with van der Waals surface area (Å²) in [6.07, 6.45) is 1.68. The van der Waals surface area contributed by atoms with E-state index in [0.29, 0.717) is 18.1 Å². The zero-order valence-electron chi connectivity index (χ0n) is 17.1. The third-order valence-electron chi connectivity index (χ3n) is 4.48. The van der Waals surface area contributed by atoms with Crippen LogP contribution in [0.3, 0.4) is 0 Å². The second-order valence-corrected chi connectivity index (χ2v) is 8.74. The minimum Gasteiger partial charge on any atom is -0.495 e. The number of rotatable bonds is 9. The lowest BCUT2D eigenvalue weighted by molar-refractivity contribution is 0.0955. The summed E-state index contributed by atoms with van der Waals surface area (Å²) in [5, 5.41) is 7.57. The fourth-order valence-electron chi connectivity index (χ4n) is 3.05. The van der Waals surface area contributed by atoms with Crippen LogP contribution in [-0.4, -0.2) is 46.1 Å². The van der Waals surface area contributed by atoms with Crippen molar-refractivity contribution in [1.29, 1.82) is 0 Å². The van der Waals surface area contributed by atoms with Crippen molar-refractivity contribution in [2.24, 2.45) is 0 Å². The first-order chi connectivity index (χ1) is 14.9. The molecule has 0 bridgehead atoms. The molecule has 8 nitrogen and oxygen atoms in total. The highest BCUT2D eigenvalue weighted by Gasteiger charge is 2.20. The van der Waals surface area contributed by atoms with Gasteiger partial charge in [0.05, 0.1) is 12.6 Å². The van der Waals surface area contributed by atoms with Gasteiger partial charge in [0.15, 0.2) is 0 Å². The van der Waals surface area contributed by atoms with E-state index in [1.54, 1.807) is 25.3 Å². The summed E-state index contributed by atoms with van der Waals surface area (Å²) < 4.78 is 32.3. The number of methoxy groups -OCH3 is 1. The molecule has 0 spiro atoms. The van der Waals surface area contributed by atoms with Gasteiger partial charge in [-0.1, -0.05) is 18.5 Å². The van der Waals surface area contributed by atoms with E-state index in [9.17, 15) is 13.2 Å². The zero-order valence-corrected chi connectivity index (χ0v) is 18.7. The van der Waals surface area contributed by atoms with Crippen molar-refractivity contribution in [2.75, 3.05) is 32.1 Å². The molecule has 1 amide bonds. The Morgan fingerprint density at radius 1 is 1.13 bits per heavy atom. The molecule has 0 saturated carbocycles. The van der Waals surface area contributed by atoms with Crippen LogP contribution in [0.1, 0.15) is 17.3 Å². The molecule has 3 aromatic rings. The van der Waals surface area contributed by atoms with E-state index in [0.717, 1.165) is 16.6 Å². The predicted molar refractivity (Wildman–Crippen MR) is 121 cm³/mol. The van der Waals surface area contributed by atoms with Crippen LogP contribution in [0, 0.1) is 0 Å².